The maximum atomic E-state index is 6.59. The quantitative estimate of drug-likeness (QED) is 0.182. The zero-order valence-electron chi connectivity index (χ0n) is 30.2. The van der Waals surface area contributed by atoms with Gasteiger partial charge in [0.15, 0.2) is 11.6 Å². The lowest BCUT2D eigenvalue weighted by molar-refractivity contribution is 0.669. The Morgan fingerprint density at radius 2 is 1.12 bits per heavy atom. The fourth-order valence-electron chi connectivity index (χ4n) is 8.79. The van der Waals surface area contributed by atoms with E-state index in [1.54, 1.807) is 0 Å². The van der Waals surface area contributed by atoms with Gasteiger partial charge in [0.1, 0.15) is 17.0 Å². The summed E-state index contributed by atoms with van der Waals surface area (Å²) in [4.78, 5) is 15.2. The summed E-state index contributed by atoms with van der Waals surface area (Å²) < 4.78 is 8.99. The van der Waals surface area contributed by atoms with Crippen LogP contribution < -0.4 is 0 Å². The Hall–Kier alpha value is -7.37. The second-order valence-electron chi connectivity index (χ2n) is 14.7. The summed E-state index contributed by atoms with van der Waals surface area (Å²) in [5.74, 6) is 2.14. The van der Waals surface area contributed by atoms with Gasteiger partial charge in [-0.25, -0.2) is 15.0 Å². The maximum absolute atomic E-state index is 6.59. The molecule has 0 amide bonds. The van der Waals surface area contributed by atoms with Crippen molar-refractivity contribution in [3.63, 3.8) is 0 Å². The molecule has 1 atom stereocenters. The molecule has 3 heterocycles. The lowest BCUT2D eigenvalue weighted by Crippen LogP contribution is -2.07. The van der Waals surface area contributed by atoms with Crippen molar-refractivity contribution < 1.29 is 4.42 Å². The minimum Gasteiger partial charge on any atom is -0.456 e. The van der Waals surface area contributed by atoms with Crippen molar-refractivity contribution in [2.75, 3.05) is 0 Å². The molecule has 0 spiro atoms. The lowest BCUT2D eigenvalue weighted by atomic mass is 9.99. The van der Waals surface area contributed by atoms with Crippen LogP contribution in [-0.4, -0.2) is 19.5 Å². The Bertz CT molecular complexity index is 3380. The van der Waals surface area contributed by atoms with Crippen LogP contribution in [0.2, 0.25) is 0 Å². The first-order chi connectivity index (χ1) is 27.7. The van der Waals surface area contributed by atoms with Crippen molar-refractivity contribution in [1.29, 1.82) is 0 Å². The molecule has 56 heavy (non-hydrogen) atoms. The normalized spacial score (nSPS) is 14.4. The highest BCUT2D eigenvalue weighted by Gasteiger charge is 2.21. The fourth-order valence-corrected chi connectivity index (χ4v) is 8.79. The van der Waals surface area contributed by atoms with Crippen LogP contribution >= 0.6 is 0 Å². The van der Waals surface area contributed by atoms with Gasteiger partial charge in [0.2, 0.25) is 0 Å². The molecule has 1 unspecified atom stereocenters. The number of fused-ring (bicyclic) bond motifs is 11. The molecule has 0 saturated heterocycles. The molecule has 0 radical (unpaired) electrons. The molecule has 5 nitrogen and oxygen atoms in total. The zero-order chi connectivity index (χ0) is 36.7. The number of rotatable bonds is 4. The van der Waals surface area contributed by atoms with E-state index in [2.05, 4.69) is 181 Å². The predicted molar refractivity (Wildman–Crippen MR) is 230 cm³/mol. The van der Waals surface area contributed by atoms with Crippen molar-refractivity contribution in [1.82, 2.24) is 19.5 Å². The molecule has 0 aliphatic heterocycles. The zero-order valence-corrected chi connectivity index (χ0v) is 30.2. The third-order valence-corrected chi connectivity index (χ3v) is 11.5. The Balaban J connectivity index is 1.02. The first kappa shape index (κ1) is 31.0. The van der Waals surface area contributed by atoms with Gasteiger partial charge < -0.3 is 8.98 Å². The molecule has 11 aromatic rings. The highest BCUT2D eigenvalue weighted by Crippen LogP contribution is 2.42. The molecule has 5 heteroatoms. The number of allylic oxidation sites excluding steroid dienone is 4. The second-order valence-corrected chi connectivity index (χ2v) is 14.7. The van der Waals surface area contributed by atoms with Crippen molar-refractivity contribution >= 4 is 76.1 Å². The van der Waals surface area contributed by atoms with E-state index in [4.69, 9.17) is 19.4 Å². The molecule has 1 aliphatic carbocycles. The Morgan fingerprint density at radius 1 is 0.482 bits per heavy atom. The highest BCUT2D eigenvalue weighted by molar-refractivity contribution is 6.28. The van der Waals surface area contributed by atoms with Crippen LogP contribution in [-0.2, 0) is 0 Å². The van der Waals surface area contributed by atoms with E-state index < -0.39 is 0 Å². The number of aromatic nitrogens is 4. The van der Waals surface area contributed by atoms with Crippen LogP contribution in [0, 0.1) is 0 Å². The largest absolute Gasteiger partial charge is 0.456 e. The summed E-state index contributed by atoms with van der Waals surface area (Å²) in [5, 5.41) is 12.0. The standard InChI is InChI=1S/C51H32N4O/c1-2-13-34(14-3-1)49-52-50(36-19-18-31-10-4-5-15-35(31)28-36)54-51(53-49)37-20-24-41-42-30-38(23-27-45(42)56-46(41)29-37)55-43-25-21-32-11-6-8-16-39(32)47(43)48-40-17-9-7-12-33(40)22-26-44(48)55/h1-13,15-30,34H,14H2. The van der Waals surface area contributed by atoms with E-state index in [-0.39, 0.29) is 5.92 Å². The summed E-state index contributed by atoms with van der Waals surface area (Å²) in [6, 6.07) is 54.1. The minimum atomic E-state index is 0.0751. The van der Waals surface area contributed by atoms with Crippen molar-refractivity contribution in [3.05, 3.63) is 182 Å². The van der Waals surface area contributed by atoms with E-state index in [0.29, 0.717) is 11.6 Å². The average Bonchev–Trinajstić information content (AvgIpc) is 3.82. The summed E-state index contributed by atoms with van der Waals surface area (Å²) in [6.45, 7) is 0. The Kier molecular flexibility index (Phi) is 6.69. The van der Waals surface area contributed by atoms with E-state index in [0.717, 1.165) is 56.4 Å². The van der Waals surface area contributed by atoms with Crippen LogP contribution in [0.3, 0.4) is 0 Å². The summed E-state index contributed by atoms with van der Waals surface area (Å²) >= 11 is 0. The monoisotopic (exact) mass is 716 g/mol. The van der Waals surface area contributed by atoms with Gasteiger partial charge in [-0.05, 0) is 87.3 Å². The van der Waals surface area contributed by atoms with Gasteiger partial charge in [0, 0.05) is 44.3 Å². The lowest BCUT2D eigenvalue weighted by Gasteiger charge is -2.14. The van der Waals surface area contributed by atoms with Crippen LogP contribution in [0.5, 0.6) is 0 Å². The van der Waals surface area contributed by atoms with Gasteiger partial charge in [-0.2, -0.15) is 0 Å². The Morgan fingerprint density at radius 3 is 1.84 bits per heavy atom. The minimum absolute atomic E-state index is 0.0751. The van der Waals surface area contributed by atoms with Gasteiger partial charge in [-0.1, -0.05) is 127 Å². The van der Waals surface area contributed by atoms with Crippen LogP contribution in [0.1, 0.15) is 18.2 Å². The van der Waals surface area contributed by atoms with E-state index in [1.807, 2.05) is 0 Å². The first-order valence-electron chi connectivity index (χ1n) is 19.1. The van der Waals surface area contributed by atoms with Crippen LogP contribution in [0.25, 0.3) is 105 Å². The van der Waals surface area contributed by atoms with E-state index >= 15 is 0 Å². The molecular weight excluding hydrogens is 685 g/mol. The molecule has 1 aliphatic rings. The maximum Gasteiger partial charge on any atom is 0.163 e. The van der Waals surface area contributed by atoms with Crippen LogP contribution in [0.4, 0.5) is 0 Å². The fraction of sp³-hybridized carbons (Fsp3) is 0.0392. The molecule has 12 rings (SSSR count). The molecule has 0 bridgehead atoms. The van der Waals surface area contributed by atoms with Gasteiger partial charge in [-0.3, -0.25) is 0 Å². The molecule has 0 saturated carbocycles. The smallest absolute Gasteiger partial charge is 0.163 e. The van der Waals surface area contributed by atoms with Gasteiger partial charge in [0.05, 0.1) is 11.0 Å². The van der Waals surface area contributed by atoms with Gasteiger partial charge in [-0.15, -0.1) is 0 Å². The molecule has 8 aromatic carbocycles. The molecular formula is C51H32N4O. The second kappa shape index (κ2) is 12.1. The highest BCUT2D eigenvalue weighted by atomic mass is 16.3. The summed E-state index contributed by atoms with van der Waals surface area (Å²) in [5.41, 5.74) is 6.94. The molecule has 0 fully saturated rings. The number of hydrogen-bond acceptors (Lipinski definition) is 4. The summed E-state index contributed by atoms with van der Waals surface area (Å²) in [6.07, 6.45) is 9.34. The third-order valence-electron chi connectivity index (χ3n) is 11.5. The third kappa shape index (κ3) is 4.77. The topological polar surface area (TPSA) is 56.7 Å². The van der Waals surface area contributed by atoms with E-state index in [1.165, 1.54) is 48.7 Å². The molecule has 262 valence electrons. The van der Waals surface area contributed by atoms with Gasteiger partial charge in [0.25, 0.3) is 0 Å². The first-order valence-corrected chi connectivity index (χ1v) is 19.1. The van der Waals surface area contributed by atoms with Crippen molar-refractivity contribution in [2.45, 2.75) is 12.3 Å². The SMILES string of the molecule is C1=CCC(c2nc(-c3ccc4ccccc4c3)nc(-c3ccc4c(c3)oc3ccc(-n5c6ccc7ccccc7c6c6c7ccccc7ccc65)cc34)n2)C=C1. The average molecular weight is 717 g/mol. The van der Waals surface area contributed by atoms with Crippen LogP contribution in [0.15, 0.2) is 180 Å². The number of benzene rings is 8. The molecule has 0 N–H and O–H groups in total. The predicted octanol–water partition coefficient (Wildman–Crippen LogP) is 13.3. The van der Waals surface area contributed by atoms with E-state index in [9.17, 15) is 0 Å². The Labute approximate surface area is 321 Å². The molecule has 3 aromatic heterocycles. The van der Waals surface area contributed by atoms with Crippen molar-refractivity contribution in [2.24, 2.45) is 0 Å². The number of hydrogen-bond donors (Lipinski definition) is 0. The summed E-state index contributed by atoms with van der Waals surface area (Å²) in [7, 11) is 0. The number of nitrogens with zero attached hydrogens (tertiary/aromatic N) is 4. The van der Waals surface area contributed by atoms with Gasteiger partial charge >= 0.3 is 0 Å². The number of furan rings is 1. The van der Waals surface area contributed by atoms with Crippen molar-refractivity contribution in [3.8, 4) is 28.5 Å².